The van der Waals surface area contributed by atoms with Crippen LogP contribution in [0.3, 0.4) is 0 Å². The van der Waals surface area contributed by atoms with Crippen LogP contribution in [0.5, 0.6) is 5.75 Å². The van der Waals surface area contributed by atoms with E-state index in [1.807, 2.05) is 42.5 Å². The van der Waals surface area contributed by atoms with Gasteiger partial charge in [-0.15, -0.1) is 0 Å². The fraction of sp³-hybridized carbons (Fsp3) is 0.333. The van der Waals surface area contributed by atoms with Gasteiger partial charge in [0.2, 0.25) is 0 Å². The Morgan fingerprint density at radius 2 is 1.63 bits per heavy atom. The third-order valence-electron chi connectivity index (χ3n) is 4.74. The van der Waals surface area contributed by atoms with Crippen LogP contribution in [0.25, 0.3) is 0 Å². The first kappa shape index (κ1) is 18.8. The number of anilines is 1. The van der Waals surface area contributed by atoms with E-state index in [4.69, 9.17) is 4.74 Å². The lowest BCUT2D eigenvalue weighted by molar-refractivity contribution is -0.146. The van der Waals surface area contributed by atoms with Gasteiger partial charge >= 0.3 is 11.8 Å². The summed E-state index contributed by atoms with van der Waals surface area (Å²) in [5, 5.41) is 2.72. The normalized spacial score (nSPS) is 14.0. The number of para-hydroxylation sites is 1. The van der Waals surface area contributed by atoms with E-state index >= 15 is 0 Å². The van der Waals surface area contributed by atoms with Crippen molar-refractivity contribution in [1.82, 2.24) is 10.2 Å². The molecular weight excluding hydrogens is 342 g/mol. The molecule has 0 radical (unpaired) electrons. The molecule has 0 saturated carbocycles. The Bertz CT molecular complexity index is 754. The predicted molar refractivity (Wildman–Crippen MR) is 105 cm³/mol. The second kappa shape index (κ2) is 9.07. The summed E-state index contributed by atoms with van der Waals surface area (Å²) in [6.07, 6.45) is 0.671. The first-order valence-corrected chi connectivity index (χ1v) is 9.17. The number of benzene rings is 2. The molecule has 6 heteroatoms. The Kier molecular flexibility index (Phi) is 6.30. The van der Waals surface area contributed by atoms with Gasteiger partial charge in [0.15, 0.2) is 0 Å². The largest absolute Gasteiger partial charge is 0.497 e. The Balaban J connectivity index is 1.42. The summed E-state index contributed by atoms with van der Waals surface area (Å²) in [4.78, 5) is 28.3. The maximum Gasteiger partial charge on any atom is 0.312 e. The van der Waals surface area contributed by atoms with Crippen molar-refractivity contribution in [3.05, 3.63) is 60.2 Å². The highest BCUT2D eigenvalue weighted by molar-refractivity contribution is 6.35. The van der Waals surface area contributed by atoms with E-state index in [1.165, 1.54) is 0 Å². The van der Waals surface area contributed by atoms with Crippen molar-refractivity contribution >= 4 is 17.5 Å². The number of carbonyl (C=O) groups is 2. The average Bonchev–Trinajstić information content (AvgIpc) is 2.74. The summed E-state index contributed by atoms with van der Waals surface area (Å²) in [6, 6.07) is 17.8. The maximum atomic E-state index is 12.3. The van der Waals surface area contributed by atoms with Crippen molar-refractivity contribution in [3.8, 4) is 5.75 Å². The van der Waals surface area contributed by atoms with Crippen LogP contribution in [0, 0.1) is 0 Å². The van der Waals surface area contributed by atoms with Gasteiger partial charge in [-0.25, -0.2) is 0 Å². The van der Waals surface area contributed by atoms with E-state index in [0.29, 0.717) is 26.1 Å². The van der Waals surface area contributed by atoms with Gasteiger partial charge in [0.25, 0.3) is 0 Å². The standard InChI is InChI=1S/C21H25N3O3/c1-27-19-9-7-17(8-10-19)11-12-22-20(25)21(26)24-15-13-23(14-16-24)18-5-3-2-4-6-18/h2-10H,11-16H2,1H3,(H,22,25). The number of hydrogen-bond acceptors (Lipinski definition) is 4. The van der Waals surface area contributed by atoms with E-state index in [0.717, 1.165) is 30.1 Å². The summed E-state index contributed by atoms with van der Waals surface area (Å²) < 4.78 is 5.12. The predicted octanol–water partition coefficient (Wildman–Crippen LogP) is 1.70. The highest BCUT2D eigenvalue weighted by atomic mass is 16.5. The van der Waals surface area contributed by atoms with Gasteiger partial charge in [-0.3, -0.25) is 9.59 Å². The molecule has 0 bridgehead atoms. The molecule has 2 aromatic carbocycles. The molecule has 0 aromatic heterocycles. The number of methoxy groups -OCH3 is 1. The number of ether oxygens (including phenoxy) is 1. The smallest absolute Gasteiger partial charge is 0.312 e. The van der Waals surface area contributed by atoms with E-state index in [1.54, 1.807) is 12.0 Å². The fourth-order valence-corrected chi connectivity index (χ4v) is 3.14. The number of nitrogens with one attached hydrogen (secondary N) is 1. The number of piperazine rings is 1. The summed E-state index contributed by atoms with van der Waals surface area (Å²) in [7, 11) is 1.63. The molecular formula is C21H25N3O3. The molecule has 1 aliphatic rings. The molecule has 0 atom stereocenters. The highest BCUT2D eigenvalue weighted by Gasteiger charge is 2.25. The second-order valence-corrected chi connectivity index (χ2v) is 6.47. The highest BCUT2D eigenvalue weighted by Crippen LogP contribution is 2.15. The topological polar surface area (TPSA) is 61.9 Å². The lowest BCUT2D eigenvalue weighted by Gasteiger charge is -2.35. The third-order valence-corrected chi connectivity index (χ3v) is 4.74. The molecule has 1 fully saturated rings. The number of carbonyl (C=O) groups excluding carboxylic acids is 2. The van der Waals surface area contributed by atoms with Gasteiger partial charge in [0.1, 0.15) is 5.75 Å². The van der Waals surface area contributed by atoms with Gasteiger partial charge in [0.05, 0.1) is 7.11 Å². The van der Waals surface area contributed by atoms with Crippen LogP contribution < -0.4 is 15.0 Å². The number of nitrogens with zero attached hydrogens (tertiary/aromatic N) is 2. The number of rotatable bonds is 5. The van der Waals surface area contributed by atoms with Crippen molar-refractivity contribution in [2.75, 3.05) is 44.7 Å². The monoisotopic (exact) mass is 367 g/mol. The minimum absolute atomic E-state index is 0.431. The molecule has 2 aromatic rings. The van der Waals surface area contributed by atoms with Gasteiger partial charge in [0, 0.05) is 38.4 Å². The molecule has 1 aliphatic heterocycles. The van der Waals surface area contributed by atoms with Gasteiger partial charge in [-0.1, -0.05) is 30.3 Å². The minimum atomic E-state index is -0.531. The Morgan fingerprint density at radius 3 is 2.26 bits per heavy atom. The van der Waals surface area contributed by atoms with E-state index in [2.05, 4.69) is 22.3 Å². The molecule has 27 heavy (non-hydrogen) atoms. The molecule has 0 aliphatic carbocycles. The molecule has 1 heterocycles. The van der Waals surface area contributed by atoms with Crippen molar-refractivity contribution in [2.45, 2.75) is 6.42 Å². The number of hydrogen-bond donors (Lipinski definition) is 1. The Hall–Kier alpha value is -3.02. The quantitative estimate of drug-likeness (QED) is 0.817. The van der Waals surface area contributed by atoms with Crippen LogP contribution in [-0.2, 0) is 16.0 Å². The second-order valence-electron chi connectivity index (χ2n) is 6.47. The molecule has 0 spiro atoms. The minimum Gasteiger partial charge on any atom is -0.497 e. The first-order chi connectivity index (χ1) is 13.2. The van der Waals surface area contributed by atoms with Crippen LogP contribution in [0.4, 0.5) is 5.69 Å². The Labute approximate surface area is 159 Å². The zero-order chi connectivity index (χ0) is 19.1. The fourth-order valence-electron chi connectivity index (χ4n) is 3.14. The lowest BCUT2D eigenvalue weighted by atomic mass is 10.1. The van der Waals surface area contributed by atoms with Gasteiger partial charge < -0.3 is 19.9 Å². The SMILES string of the molecule is COc1ccc(CCNC(=O)C(=O)N2CCN(c3ccccc3)CC2)cc1. The van der Waals surface area contributed by atoms with Crippen LogP contribution in [0.2, 0.25) is 0 Å². The van der Waals surface area contributed by atoms with Crippen molar-refractivity contribution in [1.29, 1.82) is 0 Å². The first-order valence-electron chi connectivity index (χ1n) is 9.17. The molecule has 1 saturated heterocycles. The van der Waals surface area contributed by atoms with Crippen LogP contribution in [0.1, 0.15) is 5.56 Å². The molecule has 3 rings (SSSR count). The average molecular weight is 367 g/mol. The zero-order valence-corrected chi connectivity index (χ0v) is 15.6. The van der Waals surface area contributed by atoms with Crippen LogP contribution in [0.15, 0.2) is 54.6 Å². The number of amides is 2. The Morgan fingerprint density at radius 1 is 0.963 bits per heavy atom. The summed E-state index contributed by atoms with van der Waals surface area (Å²) >= 11 is 0. The molecule has 6 nitrogen and oxygen atoms in total. The lowest BCUT2D eigenvalue weighted by Crippen LogP contribution is -2.52. The van der Waals surface area contributed by atoms with E-state index in [9.17, 15) is 9.59 Å². The third kappa shape index (κ3) is 5.00. The van der Waals surface area contributed by atoms with Crippen LogP contribution >= 0.6 is 0 Å². The molecule has 0 unspecified atom stereocenters. The summed E-state index contributed by atoms with van der Waals surface area (Å²) in [5.74, 6) is -0.179. The maximum absolute atomic E-state index is 12.3. The van der Waals surface area contributed by atoms with Gasteiger partial charge in [-0.2, -0.15) is 0 Å². The zero-order valence-electron chi connectivity index (χ0n) is 15.6. The van der Waals surface area contributed by atoms with E-state index < -0.39 is 11.8 Å². The molecule has 2 amide bonds. The summed E-state index contributed by atoms with van der Waals surface area (Å²) in [5.41, 5.74) is 2.23. The molecule has 142 valence electrons. The van der Waals surface area contributed by atoms with E-state index in [-0.39, 0.29) is 0 Å². The van der Waals surface area contributed by atoms with Crippen molar-refractivity contribution in [3.63, 3.8) is 0 Å². The molecule has 1 N–H and O–H groups in total. The summed E-state index contributed by atoms with van der Waals surface area (Å²) in [6.45, 7) is 3.00. The van der Waals surface area contributed by atoms with Crippen molar-refractivity contribution < 1.29 is 14.3 Å². The van der Waals surface area contributed by atoms with Gasteiger partial charge in [-0.05, 0) is 36.2 Å². The van der Waals surface area contributed by atoms with Crippen LogP contribution in [-0.4, -0.2) is 56.5 Å². The van der Waals surface area contributed by atoms with Crippen molar-refractivity contribution in [2.24, 2.45) is 0 Å².